The number of hydrogen-bond acceptors (Lipinski definition) is 3. The van der Waals surface area contributed by atoms with Crippen molar-refractivity contribution in [3.8, 4) is 11.5 Å². The van der Waals surface area contributed by atoms with E-state index >= 15 is 0 Å². The first-order valence-electron chi connectivity index (χ1n) is 9.90. The molecule has 0 atom stereocenters. The highest BCUT2D eigenvalue weighted by Crippen LogP contribution is 2.39. The maximum Gasteiger partial charge on any atom is 0.419 e. The van der Waals surface area contributed by atoms with Crippen LogP contribution >= 0.6 is 15.9 Å². The van der Waals surface area contributed by atoms with E-state index in [0.717, 1.165) is 29.2 Å². The van der Waals surface area contributed by atoms with Crippen molar-refractivity contribution in [2.45, 2.75) is 26.1 Å². The van der Waals surface area contributed by atoms with Crippen LogP contribution in [0.3, 0.4) is 0 Å². The van der Waals surface area contributed by atoms with Gasteiger partial charge in [-0.2, -0.15) is 13.2 Å². The van der Waals surface area contributed by atoms with Gasteiger partial charge in [0, 0.05) is 10.5 Å². The van der Waals surface area contributed by atoms with Gasteiger partial charge in [0.05, 0.1) is 22.4 Å². The molecule has 1 amide bonds. The summed E-state index contributed by atoms with van der Waals surface area (Å²) in [7, 11) is 0. The summed E-state index contributed by atoms with van der Waals surface area (Å²) >= 11 is 3.18. The lowest BCUT2D eigenvalue weighted by atomic mass is 10.1. The quantitative estimate of drug-likeness (QED) is 0.337. The molecule has 0 aliphatic carbocycles. The fraction of sp³-hybridized carbons (Fsp3) is 0.167. The van der Waals surface area contributed by atoms with Gasteiger partial charge in [0.25, 0.3) is 5.91 Å². The summed E-state index contributed by atoms with van der Waals surface area (Å²) in [5, 5.41) is 9.77. The number of nitrogens with zero attached hydrogens (tertiary/aromatic N) is 1. The summed E-state index contributed by atoms with van der Waals surface area (Å²) in [4.78, 5) is 26.3. The first-order valence-corrected chi connectivity index (χ1v) is 10.7. The number of carboxylic acids is 1. The van der Waals surface area contributed by atoms with Crippen molar-refractivity contribution in [2.24, 2.45) is 0 Å². The second-order valence-electron chi connectivity index (χ2n) is 7.47. The maximum atomic E-state index is 14.4. The molecule has 0 radical (unpaired) electrons. The maximum absolute atomic E-state index is 14.4. The zero-order valence-corrected chi connectivity index (χ0v) is 19.4. The third-order valence-electron chi connectivity index (χ3n) is 4.77. The summed E-state index contributed by atoms with van der Waals surface area (Å²) < 4.78 is 60.0. The van der Waals surface area contributed by atoms with Crippen LogP contribution in [0.4, 0.5) is 23.2 Å². The average Bonchev–Trinajstić information content (AvgIpc) is 2.75. The van der Waals surface area contributed by atoms with Crippen LogP contribution in [-0.4, -0.2) is 23.0 Å². The number of anilines is 1. The Balaban J connectivity index is 2.06. The smallest absolute Gasteiger partial charge is 0.419 e. The minimum Gasteiger partial charge on any atom is -0.478 e. The predicted molar refractivity (Wildman–Crippen MR) is 121 cm³/mol. The second-order valence-corrected chi connectivity index (χ2v) is 8.39. The third kappa shape index (κ3) is 5.39. The van der Waals surface area contributed by atoms with Gasteiger partial charge >= 0.3 is 12.1 Å². The van der Waals surface area contributed by atoms with Crippen molar-refractivity contribution in [1.82, 2.24) is 0 Å². The fourth-order valence-electron chi connectivity index (χ4n) is 3.29. The Kier molecular flexibility index (Phi) is 7.30. The van der Waals surface area contributed by atoms with E-state index in [2.05, 4.69) is 15.9 Å². The summed E-state index contributed by atoms with van der Waals surface area (Å²) in [6, 6.07) is 11.2. The molecule has 0 saturated carbocycles. The number of carbonyl (C=O) groups is 2. The fourth-order valence-corrected chi connectivity index (χ4v) is 3.65. The molecule has 3 aromatic rings. The van der Waals surface area contributed by atoms with Crippen molar-refractivity contribution < 1.29 is 37.0 Å². The number of hydrogen-bond donors (Lipinski definition) is 1. The number of carbonyl (C=O) groups excluding carboxylic acids is 1. The van der Waals surface area contributed by atoms with Crippen LogP contribution < -0.4 is 9.64 Å². The van der Waals surface area contributed by atoms with E-state index in [9.17, 15) is 32.3 Å². The normalized spacial score (nSPS) is 11.4. The molecule has 3 aromatic carbocycles. The van der Waals surface area contributed by atoms with E-state index in [1.807, 2.05) is 0 Å². The highest BCUT2D eigenvalue weighted by molar-refractivity contribution is 9.10. The Morgan fingerprint density at radius 1 is 1.00 bits per heavy atom. The standard InChI is InChI=1S/C24H18BrF4NO4/c1-13(2)30(22(31)16-11-14(25)7-9-19(16)26)20-10-8-15(12-17(20)23(32)33)34-21-6-4-3-5-18(21)24(27,28)29/h3-13H,1-2H3,(H,32,33). The van der Waals surface area contributed by atoms with E-state index in [4.69, 9.17) is 4.74 Å². The first kappa shape index (κ1) is 25.2. The molecule has 0 unspecified atom stereocenters. The van der Waals surface area contributed by atoms with Crippen molar-refractivity contribution in [3.63, 3.8) is 0 Å². The molecule has 0 spiro atoms. The Morgan fingerprint density at radius 2 is 1.68 bits per heavy atom. The van der Waals surface area contributed by atoms with Crippen LogP contribution in [0.25, 0.3) is 0 Å². The van der Waals surface area contributed by atoms with Crippen LogP contribution in [0.2, 0.25) is 0 Å². The third-order valence-corrected chi connectivity index (χ3v) is 5.27. The van der Waals surface area contributed by atoms with Gasteiger partial charge in [-0.25, -0.2) is 9.18 Å². The molecule has 178 valence electrons. The van der Waals surface area contributed by atoms with Crippen LogP contribution in [0.15, 0.2) is 65.1 Å². The van der Waals surface area contributed by atoms with E-state index in [1.54, 1.807) is 13.8 Å². The highest BCUT2D eigenvalue weighted by Gasteiger charge is 2.34. The topological polar surface area (TPSA) is 66.8 Å². The predicted octanol–water partition coefficient (Wildman–Crippen LogP) is 7.15. The average molecular weight is 540 g/mol. The molecule has 0 bridgehead atoms. The molecule has 0 aliphatic rings. The Bertz CT molecular complexity index is 1240. The number of alkyl halides is 3. The molecule has 10 heteroatoms. The number of benzene rings is 3. The summed E-state index contributed by atoms with van der Waals surface area (Å²) in [6.07, 6.45) is -4.68. The summed E-state index contributed by atoms with van der Waals surface area (Å²) in [5.74, 6) is -3.71. The van der Waals surface area contributed by atoms with Gasteiger partial charge in [0.2, 0.25) is 0 Å². The van der Waals surface area contributed by atoms with Crippen LogP contribution in [-0.2, 0) is 6.18 Å². The highest BCUT2D eigenvalue weighted by atomic mass is 79.9. The Labute approximate surface area is 200 Å². The van der Waals surface area contributed by atoms with E-state index in [0.29, 0.717) is 4.47 Å². The summed E-state index contributed by atoms with van der Waals surface area (Å²) in [5.41, 5.74) is -1.78. The molecular formula is C24H18BrF4NO4. The van der Waals surface area contributed by atoms with Gasteiger partial charge in [-0.3, -0.25) is 4.79 Å². The number of ether oxygens (including phenoxy) is 1. The van der Waals surface area contributed by atoms with E-state index < -0.39 is 46.8 Å². The minimum atomic E-state index is -4.68. The van der Waals surface area contributed by atoms with E-state index in [-0.39, 0.29) is 17.0 Å². The number of para-hydroxylation sites is 1. The SMILES string of the molecule is CC(C)N(C(=O)c1cc(Br)ccc1F)c1ccc(Oc2ccccc2C(F)(F)F)cc1C(=O)O. The van der Waals surface area contributed by atoms with Gasteiger partial charge in [-0.1, -0.05) is 28.1 Å². The monoisotopic (exact) mass is 539 g/mol. The van der Waals surface area contributed by atoms with Crippen molar-refractivity contribution in [3.05, 3.63) is 87.6 Å². The number of carboxylic acid groups (broad SMARTS) is 1. The van der Waals surface area contributed by atoms with Crippen molar-refractivity contribution >= 4 is 33.5 Å². The molecule has 34 heavy (non-hydrogen) atoms. The Hall–Kier alpha value is -3.40. The molecule has 1 N–H and O–H groups in total. The number of amides is 1. The van der Waals surface area contributed by atoms with Gasteiger partial charge in [0.15, 0.2) is 0 Å². The molecule has 3 rings (SSSR count). The number of halogens is 5. The molecule has 0 aliphatic heterocycles. The molecule has 0 aromatic heterocycles. The molecule has 0 fully saturated rings. The lowest BCUT2D eigenvalue weighted by Crippen LogP contribution is -2.38. The molecule has 0 heterocycles. The van der Waals surface area contributed by atoms with Crippen LogP contribution in [0.5, 0.6) is 11.5 Å². The van der Waals surface area contributed by atoms with Gasteiger partial charge in [-0.15, -0.1) is 0 Å². The lowest BCUT2D eigenvalue weighted by molar-refractivity contribution is -0.138. The van der Waals surface area contributed by atoms with Gasteiger partial charge in [0.1, 0.15) is 17.3 Å². The van der Waals surface area contributed by atoms with Crippen molar-refractivity contribution in [2.75, 3.05) is 4.90 Å². The second kappa shape index (κ2) is 9.84. The molecular weight excluding hydrogens is 522 g/mol. The minimum absolute atomic E-state index is 0.0664. The summed E-state index contributed by atoms with van der Waals surface area (Å²) in [6.45, 7) is 3.23. The van der Waals surface area contributed by atoms with Gasteiger partial charge in [-0.05, 0) is 62.4 Å². The van der Waals surface area contributed by atoms with Crippen LogP contribution in [0.1, 0.15) is 40.1 Å². The zero-order valence-electron chi connectivity index (χ0n) is 17.9. The van der Waals surface area contributed by atoms with Gasteiger partial charge < -0.3 is 14.7 Å². The van der Waals surface area contributed by atoms with Crippen molar-refractivity contribution in [1.29, 1.82) is 0 Å². The molecule has 0 saturated heterocycles. The number of rotatable bonds is 6. The Morgan fingerprint density at radius 3 is 2.29 bits per heavy atom. The number of aromatic carboxylic acids is 1. The zero-order chi connectivity index (χ0) is 25.2. The van der Waals surface area contributed by atoms with Crippen LogP contribution in [0, 0.1) is 5.82 Å². The largest absolute Gasteiger partial charge is 0.478 e. The molecule has 5 nitrogen and oxygen atoms in total. The lowest BCUT2D eigenvalue weighted by Gasteiger charge is -2.28. The first-order chi connectivity index (χ1) is 15.9. The van der Waals surface area contributed by atoms with E-state index in [1.165, 1.54) is 36.4 Å².